The van der Waals surface area contributed by atoms with Crippen LogP contribution in [0, 0.1) is 25.7 Å². The van der Waals surface area contributed by atoms with Crippen LogP contribution < -0.4 is 0 Å². The standard InChI is InChI=1S/C24H29N5O2/c1-15-11-20(15)24(30)28-10-5-4-9-21(28)23-25-22(27-31-23)19-8-6-7-18(13-19)14-29-17(3)12-16(2)26-29/h6-8,12-13,15,20-21H,4-5,9-11,14H2,1-3H3/t15-,20+,21+/m1/s1. The molecule has 2 aliphatic rings. The minimum atomic E-state index is -0.104. The fourth-order valence-corrected chi connectivity index (χ4v) is 4.64. The van der Waals surface area contributed by atoms with E-state index in [-0.39, 0.29) is 17.9 Å². The number of nitrogens with zero attached hydrogens (tertiary/aromatic N) is 5. The van der Waals surface area contributed by atoms with E-state index >= 15 is 0 Å². The Balaban J connectivity index is 1.36. The number of amides is 1. The number of aryl methyl sites for hydroxylation is 2. The molecule has 1 amide bonds. The van der Waals surface area contributed by atoms with Crippen LogP contribution in [0.1, 0.15) is 61.5 Å². The maximum absolute atomic E-state index is 12.9. The van der Waals surface area contributed by atoms with Crippen molar-refractivity contribution in [1.82, 2.24) is 24.8 Å². The van der Waals surface area contributed by atoms with Crippen LogP contribution in [0.2, 0.25) is 0 Å². The molecule has 1 saturated heterocycles. The number of rotatable bonds is 5. The summed E-state index contributed by atoms with van der Waals surface area (Å²) in [6, 6.07) is 10.1. The quantitative estimate of drug-likeness (QED) is 0.616. The van der Waals surface area contributed by atoms with Crippen molar-refractivity contribution in [2.45, 2.75) is 59.0 Å². The van der Waals surface area contributed by atoms with Gasteiger partial charge in [-0.15, -0.1) is 0 Å². The Kier molecular flexibility index (Phi) is 5.12. The van der Waals surface area contributed by atoms with Gasteiger partial charge < -0.3 is 9.42 Å². The Morgan fingerprint density at radius 3 is 2.81 bits per heavy atom. The fourth-order valence-electron chi connectivity index (χ4n) is 4.64. The highest BCUT2D eigenvalue weighted by molar-refractivity contribution is 5.82. The van der Waals surface area contributed by atoms with Gasteiger partial charge in [0.05, 0.1) is 12.2 Å². The predicted molar refractivity (Wildman–Crippen MR) is 116 cm³/mol. The Labute approximate surface area is 182 Å². The maximum Gasteiger partial charge on any atom is 0.249 e. The number of hydrogen-bond acceptors (Lipinski definition) is 5. The van der Waals surface area contributed by atoms with Crippen LogP contribution in [0.15, 0.2) is 34.9 Å². The van der Waals surface area contributed by atoms with Gasteiger partial charge in [0, 0.05) is 23.7 Å². The normalized spacial score (nSPS) is 23.2. The molecule has 0 N–H and O–H groups in total. The Bertz CT molecular complexity index is 1100. The molecule has 5 rings (SSSR count). The number of carbonyl (C=O) groups is 1. The molecule has 0 spiro atoms. The fraction of sp³-hybridized carbons (Fsp3) is 0.500. The Morgan fingerprint density at radius 1 is 1.23 bits per heavy atom. The van der Waals surface area contributed by atoms with E-state index < -0.39 is 0 Å². The molecular weight excluding hydrogens is 390 g/mol. The molecule has 3 atom stereocenters. The van der Waals surface area contributed by atoms with Gasteiger partial charge in [0.1, 0.15) is 6.04 Å². The van der Waals surface area contributed by atoms with Crippen molar-refractivity contribution in [3.8, 4) is 11.4 Å². The van der Waals surface area contributed by atoms with Gasteiger partial charge >= 0.3 is 0 Å². The van der Waals surface area contributed by atoms with Crippen molar-refractivity contribution in [1.29, 1.82) is 0 Å². The van der Waals surface area contributed by atoms with Gasteiger partial charge in [-0.2, -0.15) is 10.1 Å². The first-order valence-electron chi connectivity index (χ1n) is 11.2. The first-order chi connectivity index (χ1) is 15.0. The van der Waals surface area contributed by atoms with E-state index in [1.807, 2.05) is 28.6 Å². The molecule has 1 saturated carbocycles. The van der Waals surface area contributed by atoms with Crippen molar-refractivity contribution in [2.75, 3.05) is 6.54 Å². The average molecular weight is 420 g/mol. The van der Waals surface area contributed by atoms with E-state index in [1.54, 1.807) is 0 Å². The van der Waals surface area contributed by atoms with E-state index in [4.69, 9.17) is 9.51 Å². The van der Waals surface area contributed by atoms with Crippen LogP contribution in [0.25, 0.3) is 11.4 Å². The highest BCUT2D eigenvalue weighted by atomic mass is 16.5. The number of hydrogen-bond donors (Lipinski definition) is 0. The molecule has 3 aromatic rings. The van der Waals surface area contributed by atoms with Gasteiger partial charge in [-0.3, -0.25) is 9.48 Å². The second-order valence-corrected chi connectivity index (χ2v) is 9.10. The molecule has 0 unspecified atom stereocenters. The summed E-state index contributed by atoms with van der Waals surface area (Å²) < 4.78 is 7.67. The number of piperidine rings is 1. The van der Waals surface area contributed by atoms with E-state index in [2.05, 4.69) is 42.3 Å². The summed E-state index contributed by atoms with van der Waals surface area (Å²) in [6.07, 6.45) is 3.99. The summed E-state index contributed by atoms with van der Waals surface area (Å²) >= 11 is 0. The molecule has 7 heteroatoms. The van der Waals surface area contributed by atoms with Crippen molar-refractivity contribution < 1.29 is 9.32 Å². The molecule has 162 valence electrons. The summed E-state index contributed by atoms with van der Waals surface area (Å²) in [6.45, 7) is 7.69. The molecule has 0 bridgehead atoms. The number of carbonyl (C=O) groups excluding carboxylic acids is 1. The van der Waals surface area contributed by atoms with Crippen LogP contribution in [-0.4, -0.2) is 37.3 Å². The van der Waals surface area contributed by atoms with Crippen molar-refractivity contribution in [3.63, 3.8) is 0 Å². The number of aromatic nitrogens is 4. The largest absolute Gasteiger partial charge is 0.337 e. The van der Waals surface area contributed by atoms with E-state index in [0.29, 0.717) is 24.2 Å². The lowest BCUT2D eigenvalue weighted by atomic mass is 10.0. The molecule has 2 fully saturated rings. The van der Waals surface area contributed by atoms with Gasteiger partial charge in [-0.1, -0.05) is 30.3 Å². The topological polar surface area (TPSA) is 77.0 Å². The maximum atomic E-state index is 12.9. The molecule has 2 aromatic heterocycles. The lowest BCUT2D eigenvalue weighted by Gasteiger charge is -2.33. The lowest BCUT2D eigenvalue weighted by Crippen LogP contribution is -2.39. The third-order valence-electron chi connectivity index (χ3n) is 6.56. The minimum Gasteiger partial charge on any atom is -0.337 e. The smallest absolute Gasteiger partial charge is 0.249 e. The first kappa shape index (κ1) is 20.0. The molecule has 1 aromatic carbocycles. The second-order valence-electron chi connectivity index (χ2n) is 9.10. The molecule has 31 heavy (non-hydrogen) atoms. The SMILES string of the molecule is Cc1cc(C)n(Cc2cccc(-c3noc([C@@H]4CCCCN4C(=O)[C@H]4C[C@H]4C)n3)c2)n1. The van der Waals surface area contributed by atoms with Crippen LogP contribution in [-0.2, 0) is 11.3 Å². The zero-order valence-electron chi connectivity index (χ0n) is 18.4. The van der Waals surface area contributed by atoms with E-state index in [1.165, 1.54) is 0 Å². The number of likely N-dealkylation sites (tertiary alicyclic amines) is 1. The van der Waals surface area contributed by atoms with Crippen LogP contribution >= 0.6 is 0 Å². The zero-order valence-corrected chi connectivity index (χ0v) is 18.4. The van der Waals surface area contributed by atoms with Gasteiger partial charge in [0.25, 0.3) is 0 Å². The van der Waals surface area contributed by atoms with Gasteiger partial charge in [-0.25, -0.2) is 0 Å². The van der Waals surface area contributed by atoms with Crippen LogP contribution in [0.5, 0.6) is 0 Å². The lowest BCUT2D eigenvalue weighted by molar-refractivity contribution is -0.137. The van der Waals surface area contributed by atoms with E-state index in [9.17, 15) is 4.79 Å². The van der Waals surface area contributed by atoms with Crippen LogP contribution in [0.3, 0.4) is 0 Å². The third-order valence-corrected chi connectivity index (χ3v) is 6.56. The van der Waals surface area contributed by atoms with Crippen molar-refractivity contribution in [3.05, 3.63) is 53.2 Å². The van der Waals surface area contributed by atoms with Crippen LogP contribution in [0.4, 0.5) is 0 Å². The second kappa shape index (κ2) is 7.94. The summed E-state index contributed by atoms with van der Waals surface area (Å²) in [7, 11) is 0. The molecule has 3 heterocycles. The molecular formula is C24H29N5O2. The Hall–Kier alpha value is -2.96. The first-order valence-corrected chi connectivity index (χ1v) is 11.2. The summed E-state index contributed by atoms with van der Waals surface area (Å²) in [5, 5.41) is 8.81. The summed E-state index contributed by atoms with van der Waals surface area (Å²) in [5.74, 6) is 2.06. The van der Waals surface area contributed by atoms with Gasteiger partial charge in [-0.05, 0) is 63.1 Å². The predicted octanol–water partition coefficient (Wildman–Crippen LogP) is 4.31. The monoisotopic (exact) mass is 419 g/mol. The van der Waals surface area contributed by atoms with Crippen molar-refractivity contribution in [2.24, 2.45) is 11.8 Å². The summed E-state index contributed by atoms with van der Waals surface area (Å²) in [4.78, 5) is 19.6. The third kappa shape index (κ3) is 4.01. The molecule has 1 aliphatic heterocycles. The highest BCUT2D eigenvalue weighted by Crippen LogP contribution is 2.42. The minimum absolute atomic E-state index is 0.104. The molecule has 7 nitrogen and oxygen atoms in total. The number of benzene rings is 1. The molecule has 0 radical (unpaired) electrons. The van der Waals surface area contributed by atoms with Crippen molar-refractivity contribution >= 4 is 5.91 Å². The van der Waals surface area contributed by atoms with Gasteiger partial charge in [0.15, 0.2) is 0 Å². The summed E-state index contributed by atoms with van der Waals surface area (Å²) in [5.41, 5.74) is 4.20. The average Bonchev–Trinajstić information content (AvgIpc) is 3.16. The molecule has 1 aliphatic carbocycles. The van der Waals surface area contributed by atoms with E-state index in [0.717, 1.165) is 54.7 Å². The highest BCUT2D eigenvalue weighted by Gasteiger charge is 2.44. The van der Waals surface area contributed by atoms with Gasteiger partial charge in [0.2, 0.25) is 17.6 Å². The zero-order chi connectivity index (χ0) is 21.5. The Morgan fingerprint density at radius 2 is 2.06 bits per heavy atom.